The van der Waals surface area contributed by atoms with E-state index in [4.69, 9.17) is 25.8 Å². The summed E-state index contributed by atoms with van der Waals surface area (Å²) in [5, 5.41) is 10.1. The van der Waals surface area contributed by atoms with Gasteiger partial charge in [-0.25, -0.2) is 0 Å². The van der Waals surface area contributed by atoms with Crippen LogP contribution in [0.15, 0.2) is 36.7 Å². The number of likely N-dealkylation sites (N-methyl/N-ethyl adjacent to an activating group) is 1. The third kappa shape index (κ3) is 6.73. The number of para-hydroxylation sites is 1. The molecule has 1 aromatic carbocycles. The molecule has 1 fully saturated rings. The Morgan fingerprint density at radius 2 is 2.00 bits per heavy atom. The van der Waals surface area contributed by atoms with Gasteiger partial charge in [0.05, 0.1) is 61.3 Å². The van der Waals surface area contributed by atoms with Crippen molar-refractivity contribution in [1.82, 2.24) is 20.6 Å². The molecule has 0 saturated carbocycles. The van der Waals surface area contributed by atoms with Crippen LogP contribution < -0.4 is 25.4 Å². The summed E-state index contributed by atoms with van der Waals surface area (Å²) < 4.78 is 15.9. The molecule has 3 aromatic rings. The number of carbonyl (C=O) groups is 1. The van der Waals surface area contributed by atoms with E-state index in [9.17, 15) is 4.79 Å². The van der Waals surface area contributed by atoms with Crippen molar-refractivity contribution in [3.63, 3.8) is 0 Å². The zero-order chi connectivity index (χ0) is 25.0. The number of aldehydes is 1. The minimum atomic E-state index is 0.471. The maximum Gasteiger partial charge on any atom is 0.160 e. The molecule has 35 heavy (non-hydrogen) atoms. The summed E-state index contributed by atoms with van der Waals surface area (Å²) in [6.45, 7) is 4.55. The van der Waals surface area contributed by atoms with E-state index in [2.05, 4.69) is 25.9 Å². The molecule has 1 saturated heterocycles. The number of ether oxygens (including phenoxy) is 3. The van der Waals surface area contributed by atoms with Gasteiger partial charge in [-0.2, -0.15) is 0 Å². The Bertz CT molecular complexity index is 1090. The van der Waals surface area contributed by atoms with E-state index in [1.165, 1.54) is 0 Å². The summed E-state index contributed by atoms with van der Waals surface area (Å²) in [6.07, 6.45) is 4.81. The number of halogens is 1. The van der Waals surface area contributed by atoms with Gasteiger partial charge in [0.25, 0.3) is 0 Å². The van der Waals surface area contributed by atoms with Crippen LogP contribution in [0, 0.1) is 0 Å². The Morgan fingerprint density at radius 3 is 2.60 bits per heavy atom. The minimum Gasteiger partial charge on any atom is -0.494 e. The van der Waals surface area contributed by atoms with Gasteiger partial charge >= 0.3 is 0 Å². The third-order valence-corrected chi connectivity index (χ3v) is 5.71. The van der Waals surface area contributed by atoms with Crippen LogP contribution in [-0.2, 0) is 11.2 Å². The molecule has 9 nitrogen and oxygen atoms in total. The molecular formula is C25H32ClN5O4. The van der Waals surface area contributed by atoms with Crippen LogP contribution in [0.2, 0.25) is 5.02 Å². The van der Waals surface area contributed by atoms with Crippen LogP contribution in [0.5, 0.6) is 11.5 Å². The molecule has 0 radical (unpaired) electrons. The molecule has 0 amide bonds. The number of aromatic amines is 1. The van der Waals surface area contributed by atoms with Crippen molar-refractivity contribution in [1.29, 1.82) is 0 Å². The van der Waals surface area contributed by atoms with Crippen LogP contribution in [0.3, 0.4) is 0 Å². The molecule has 0 bridgehead atoms. The molecular weight excluding hydrogens is 470 g/mol. The minimum absolute atomic E-state index is 0.471. The molecule has 10 heteroatoms. The van der Waals surface area contributed by atoms with Gasteiger partial charge in [-0.15, -0.1) is 0 Å². The highest BCUT2D eigenvalue weighted by molar-refractivity contribution is 6.32. The molecule has 0 spiro atoms. The number of carbonyl (C=O) groups excluding carboxylic acids is 1. The Kier molecular flexibility index (Phi) is 10.4. The summed E-state index contributed by atoms with van der Waals surface area (Å²) in [5.41, 5.74) is 4.12. The van der Waals surface area contributed by atoms with E-state index in [1.54, 1.807) is 32.7 Å². The fourth-order valence-electron chi connectivity index (χ4n) is 3.69. The van der Waals surface area contributed by atoms with E-state index >= 15 is 0 Å². The summed E-state index contributed by atoms with van der Waals surface area (Å²) in [7, 11) is 5.00. The van der Waals surface area contributed by atoms with Gasteiger partial charge in [0, 0.05) is 43.5 Å². The third-order valence-electron chi connectivity index (χ3n) is 5.41. The van der Waals surface area contributed by atoms with Gasteiger partial charge in [0.1, 0.15) is 5.75 Å². The molecule has 1 aliphatic rings. The average Bonchev–Trinajstić information content (AvgIpc) is 3.25. The summed E-state index contributed by atoms with van der Waals surface area (Å²) in [4.78, 5) is 19.5. The predicted molar refractivity (Wildman–Crippen MR) is 139 cm³/mol. The molecule has 0 aliphatic carbocycles. The second kappa shape index (κ2) is 13.7. The zero-order valence-corrected chi connectivity index (χ0v) is 21.0. The Labute approximate surface area is 210 Å². The van der Waals surface area contributed by atoms with Crippen molar-refractivity contribution < 1.29 is 19.0 Å². The van der Waals surface area contributed by atoms with Crippen molar-refractivity contribution in [2.24, 2.45) is 0 Å². The Morgan fingerprint density at radius 1 is 1.20 bits per heavy atom. The number of anilines is 2. The van der Waals surface area contributed by atoms with Crippen LogP contribution >= 0.6 is 11.6 Å². The topological polar surface area (TPSA) is 110 Å². The number of benzene rings is 1. The standard InChI is InChI=1S/C21H23ClN4O3.C4H9NO/c1-23-9-8-16-14(12-27)20(26-17-6-4-5-15(22)21(17)29-3)19(25-16)13-7-10-24-11-18(13)28-2;1-3-6-4-2-5-1/h4-7,10-12,23,25-26H,8-9H2,1-3H3;5H,1-4H2. The first-order chi connectivity index (χ1) is 17.1. The highest BCUT2D eigenvalue weighted by Gasteiger charge is 2.22. The van der Waals surface area contributed by atoms with Gasteiger partial charge in [-0.05, 0) is 25.2 Å². The maximum absolute atomic E-state index is 12.0. The first kappa shape index (κ1) is 26.5. The molecule has 2 aromatic heterocycles. The van der Waals surface area contributed by atoms with Gasteiger partial charge in [-0.3, -0.25) is 9.78 Å². The number of morpholine rings is 1. The summed E-state index contributed by atoms with van der Waals surface area (Å²) in [6, 6.07) is 7.23. The monoisotopic (exact) mass is 501 g/mol. The lowest BCUT2D eigenvalue weighted by atomic mass is 10.1. The second-order valence-electron chi connectivity index (χ2n) is 7.62. The lowest BCUT2D eigenvalue weighted by Gasteiger charge is -2.14. The maximum atomic E-state index is 12.0. The molecule has 0 unspecified atom stereocenters. The smallest absolute Gasteiger partial charge is 0.160 e. The van der Waals surface area contributed by atoms with Crippen molar-refractivity contribution in [2.45, 2.75) is 6.42 Å². The molecule has 0 atom stereocenters. The highest BCUT2D eigenvalue weighted by atomic mass is 35.5. The van der Waals surface area contributed by atoms with Crippen molar-refractivity contribution in [2.75, 3.05) is 59.4 Å². The fourth-order valence-corrected chi connectivity index (χ4v) is 3.94. The van der Waals surface area contributed by atoms with Gasteiger partial charge in [-0.1, -0.05) is 17.7 Å². The van der Waals surface area contributed by atoms with Crippen molar-refractivity contribution >= 4 is 29.3 Å². The number of pyridine rings is 1. The van der Waals surface area contributed by atoms with Crippen LogP contribution in [-0.4, -0.2) is 70.4 Å². The van der Waals surface area contributed by atoms with Crippen molar-refractivity contribution in [3.05, 3.63) is 52.9 Å². The summed E-state index contributed by atoms with van der Waals surface area (Å²) in [5.74, 6) is 1.09. The summed E-state index contributed by atoms with van der Waals surface area (Å²) >= 11 is 6.27. The first-order valence-corrected chi connectivity index (χ1v) is 11.7. The number of nitrogens with one attached hydrogen (secondary N) is 4. The molecule has 188 valence electrons. The molecule has 3 heterocycles. The molecule has 4 N–H and O–H groups in total. The van der Waals surface area contributed by atoms with E-state index in [0.29, 0.717) is 46.4 Å². The van der Waals surface area contributed by atoms with Crippen LogP contribution in [0.4, 0.5) is 11.4 Å². The number of methoxy groups -OCH3 is 2. The van der Waals surface area contributed by atoms with Crippen LogP contribution in [0.1, 0.15) is 16.1 Å². The van der Waals surface area contributed by atoms with E-state index < -0.39 is 0 Å². The van der Waals surface area contributed by atoms with Crippen molar-refractivity contribution in [3.8, 4) is 22.8 Å². The number of nitrogens with zero attached hydrogens (tertiary/aromatic N) is 1. The average molecular weight is 502 g/mol. The van der Waals surface area contributed by atoms with Gasteiger partial charge in [0.15, 0.2) is 12.0 Å². The highest BCUT2D eigenvalue weighted by Crippen LogP contribution is 2.41. The number of aromatic nitrogens is 2. The van der Waals surface area contributed by atoms with E-state index in [1.807, 2.05) is 25.2 Å². The molecule has 1 aliphatic heterocycles. The number of H-pyrrole nitrogens is 1. The second-order valence-corrected chi connectivity index (χ2v) is 8.03. The fraction of sp³-hybridized carbons (Fsp3) is 0.360. The van der Waals surface area contributed by atoms with Crippen LogP contribution in [0.25, 0.3) is 11.3 Å². The quantitative estimate of drug-likeness (QED) is 0.329. The van der Waals surface area contributed by atoms with Gasteiger partial charge < -0.3 is 35.1 Å². The largest absolute Gasteiger partial charge is 0.494 e. The molecule has 4 rings (SSSR count). The van der Waals surface area contributed by atoms with Gasteiger partial charge in [0.2, 0.25) is 0 Å². The number of rotatable bonds is 9. The lowest BCUT2D eigenvalue weighted by Crippen LogP contribution is -2.30. The van der Waals surface area contributed by atoms with E-state index in [-0.39, 0.29) is 0 Å². The predicted octanol–water partition coefficient (Wildman–Crippen LogP) is 3.67. The van der Waals surface area contributed by atoms with E-state index in [0.717, 1.165) is 49.5 Å². The number of hydrogen-bond donors (Lipinski definition) is 4. The Balaban J connectivity index is 0.000000497. The number of hydrogen-bond acceptors (Lipinski definition) is 8. The zero-order valence-electron chi connectivity index (χ0n) is 20.2. The lowest BCUT2D eigenvalue weighted by molar-refractivity contribution is 0.109. The normalized spacial score (nSPS) is 12.9. The first-order valence-electron chi connectivity index (χ1n) is 11.4. The SMILES string of the molecule is C1COCCN1.CNCCc1[nH]c(-c2ccncc2OC)c(Nc2cccc(Cl)c2OC)c1C=O. The Hall–Kier alpha value is -3.11.